The molecule has 1 aromatic rings. The molecule has 3 N–H and O–H groups in total. The number of nitrogens with one attached hydrogen (secondary N) is 1. The number of rotatable bonds is 10. The highest BCUT2D eigenvalue weighted by atomic mass is 16.7. The molecule has 0 bridgehead atoms. The number of hydrogen-bond acceptors (Lipinski definition) is 6. The number of amides is 2. The normalized spacial score (nSPS) is 13.1. The van der Waals surface area contributed by atoms with Crippen molar-refractivity contribution in [2.75, 3.05) is 13.4 Å². The lowest BCUT2D eigenvalue weighted by molar-refractivity contribution is -0.384. The van der Waals surface area contributed by atoms with E-state index in [2.05, 4.69) is 5.32 Å². The van der Waals surface area contributed by atoms with E-state index in [1.165, 1.54) is 24.3 Å². The van der Waals surface area contributed by atoms with Crippen molar-refractivity contribution in [3.05, 3.63) is 39.9 Å². The number of nitrogens with zero attached hydrogens (tertiary/aromatic N) is 1. The SMILES string of the molecule is CCOCOC(C[C@H](C)NC(=O)c1ccc([N+](=O)[O-])cc1)C(N)=O. The summed E-state index contributed by atoms with van der Waals surface area (Å²) in [5.74, 6) is -1.06. The Balaban J connectivity index is 2.58. The van der Waals surface area contributed by atoms with Gasteiger partial charge in [-0.25, -0.2) is 0 Å². The molecule has 2 atom stereocenters. The zero-order valence-electron chi connectivity index (χ0n) is 13.6. The fourth-order valence-electron chi connectivity index (χ4n) is 1.90. The van der Waals surface area contributed by atoms with Crippen molar-refractivity contribution in [1.29, 1.82) is 0 Å². The Kier molecular flexibility index (Phi) is 7.80. The van der Waals surface area contributed by atoms with Crippen LogP contribution in [0.2, 0.25) is 0 Å². The van der Waals surface area contributed by atoms with Crippen LogP contribution in [-0.4, -0.2) is 42.3 Å². The van der Waals surface area contributed by atoms with Crippen LogP contribution in [0, 0.1) is 10.1 Å². The summed E-state index contributed by atoms with van der Waals surface area (Å²) in [7, 11) is 0. The van der Waals surface area contributed by atoms with Crippen LogP contribution >= 0.6 is 0 Å². The van der Waals surface area contributed by atoms with E-state index in [-0.39, 0.29) is 24.5 Å². The molecular weight excluding hydrogens is 318 g/mol. The number of ether oxygens (including phenoxy) is 2. The summed E-state index contributed by atoms with van der Waals surface area (Å²) in [5.41, 5.74) is 5.43. The molecule has 24 heavy (non-hydrogen) atoms. The number of carbonyl (C=O) groups excluding carboxylic acids is 2. The number of nitro benzene ring substituents is 1. The van der Waals surface area contributed by atoms with Crippen LogP contribution in [0.5, 0.6) is 0 Å². The van der Waals surface area contributed by atoms with Crippen molar-refractivity contribution < 1.29 is 24.0 Å². The van der Waals surface area contributed by atoms with Gasteiger partial charge in [-0.3, -0.25) is 19.7 Å². The van der Waals surface area contributed by atoms with Crippen molar-refractivity contribution in [3.63, 3.8) is 0 Å². The number of nitrogens with two attached hydrogens (primary N) is 1. The Hall–Kier alpha value is -2.52. The second kappa shape index (κ2) is 9.58. The molecule has 0 saturated heterocycles. The summed E-state index contributed by atoms with van der Waals surface area (Å²) in [6.07, 6.45) is -0.704. The molecule has 0 saturated carbocycles. The molecule has 1 aromatic carbocycles. The van der Waals surface area contributed by atoms with E-state index in [9.17, 15) is 19.7 Å². The molecular formula is C15H21N3O6. The lowest BCUT2D eigenvalue weighted by Gasteiger charge is -2.20. The van der Waals surface area contributed by atoms with Crippen molar-refractivity contribution >= 4 is 17.5 Å². The Morgan fingerprint density at radius 1 is 1.33 bits per heavy atom. The van der Waals surface area contributed by atoms with Gasteiger partial charge in [0.15, 0.2) is 0 Å². The molecule has 9 nitrogen and oxygen atoms in total. The zero-order valence-corrected chi connectivity index (χ0v) is 13.6. The van der Waals surface area contributed by atoms with Crippen molar-refractivity contribution in [2.24, 2.45) is 5.73 Å². The van der Waals surface area contributed by atoms with E-state index < -0.39 is 28.9 Å². The molecule has 1 rings (SSSR count). The van der Waals surface area contributed by atoms with Crippen LogP contribution in [0.15, 0.2) is 24.3 Å². The number of primary amides is 1. The van der Waals surface area contributed by atoms with E-state index in [0.717, 1.165) is 0 Å². The van der Waals surface area contributed by atoms with Gasteiger partial charge in [0.25, 0.3) is 11.6 Å². The lowest BCUT2D eigenvalue weighted by Crippen LogP contribution is -2.40. The Morgan fingerprint density at radius 3 is 2.46 bits per heavy atom. The monoisotopic (exact) mass is 339 g/mol. The Labute approximate surface area is 139 Å². The molecule has 132 valence electrons. The van der Waals surface area contributed by atoms with E-state index in [0.29, 0.717) is 6.61 Å². The Morgan fingerprint density at radius 2 is 1.96 bits per heavy atom. The highest BCUT2D eigenvalue weighted by molar-refractivity contribution is 5.94. The fourth-order valence-corrected chi connectivity index (χ4v) is 1.90. The molecule has 0 aliphatic heterocycles. The maximum Gasteiger partial charge on any atom is 0.269 e. The quantitative estimate of drug-likeness (QED) is 0.282. The number of carbonyl (C=O) groups is 2. The molecule has 0 heterocycles. The van der Waals surface area contributed by atoms with Gasteiger partial charge in [0.2, 0.25) is 5.91 Å². The minimum absolute atomic E-state index is 0.0624. The maximum absolute atomic E-state index is 12.1. The van der Waals surface area contributed by atoms with Crippen LogP contribution in [0.1, 0.15) is 30.6 Å². The number of non-ortho nitro benzene ring substituents is 1. The third-order valence-corrected chi connectivity index (χ3v) is 3.16. The summed E-state index contributed by atoms with van der Waals surface area (Å²) in [6.45, 7) is 3.87. The van der Waals surface area contributed by atoms with Gasteiger partial charge in [0.1, 0.15) is 12.9 Å². The van der Waals surface area contributed by atoms with Gasteiger partial charge in [-0.15, -0.1) is 0 Å². The first-order valence-electron chi connectivity index (χ1n) is 7.39. The van der Waals surface area contributed by atoms with Crippen LogP contribution < -0.4 is 11.1 Å². The van der Waals surface area contributed by atoms with Gasteiger partial charge < -0.3 is 20.5 Å². The summed E-state index contributed by atoms with van der Waals surface area (Å²) in [6, 6.07) is 4.81. The minimum atomic E-state index is -0.885. The Bertz CT molecular complexity index is 575. The first kappa shape index (κ1) is 19.5. The molecule has 0 aliphatic carbocycles. The van der Waals surface area contributed by atoms with Crippen LogP contribution in [-0.2, 0) is 14.3 Å². The topological polar surface area (TPSA) is 134 Å². The second-order valence-electron chi connectivity index (χ2n) is 5.08. The first-order chi connectivity index (χ1) is 11.3. The molecule has 1 unspecified atom stereocenters. The van der Waals surface area contributed by atoms with E-state index in [4.69, 9.17) is 15.2 Å². The molecule has 0 radical (unpaired) electrons. The molecule has 9 heteroatoms. The van der Waals surface area contributed by atoms with Gasteiger partial charge >= 0.3 is 0 Å². The van der Waals surface area contributed by atoms with Crippen LogP contribution in [0.4, 0.5) is 5.69 Å². The number of benzene rings is 1. The fraction of sp³-hybridized carbons (Fsp3) is 0.467. The van der Waals surface area contributed by atoms with E-state index >= 15 is 0 Å². The second-order valence-corrected chi connectivity index (χ2v) is 5.08. The first-order valence-corrected chi connectivity index (χ1v) is 7.39. The smallest absolute Gasteiger partial charge is 0.269 e. The van der Waals surface area contributed by atoms with Crippen molar-refractivity contribution in [1.82, 2.24) is 5.32 Å². The standard InChI is InChI=1S/C15H21N3O6/c1-3-23-9-24-13(14(16)19)8-10(2)17-15(20)11-4-6-12(7-5-11)18(21)22/h4-7,10,13H,3,8-9H2,1-2H3,(H2,16,19)(H,17,20)/t10-,13?/m0/s1. The molecule has 0 spiro atoms. The van der Waals surface area contributed by atoms with Crippen molar-refractivity contribution in [2.45, 2.75) is 32.4 Å². The maximum atomic E-state index is 12.1. The predicted molar refractivity (Wildman–Crippen MR) is 85.2 cm³/mol. The molecule has 0 aliphatic rings. The molecule has 0 fully saturated rings. The molecule has 2 amide bonds. The summed E-state index contributed by atoms with van der Waals surface area (Å²) in [4.78, 5) is 33.5. The number of nitro groups is 1. The van der Waals surface area contributed by atoms with Crippen LogP contribution in [0.25, 0.3) is 0 Å². The largest absolute Gasteiger partial charge is 0.367 e. The third kappa shape index (κ3) is 6.31. The van der Waals surface area contributed by atoms with Gasteiger partial charge in [-0.2, -0.15) is 0 Å². The number of hydrogen-bond donors (Lipinski definition) is 2. The average molecular weight is 339 g/mol. The summed E-state index contributed by atoms with van der Waals surface area (Å²) < 4.78 is 10.2. The summed E-state index contributed by atoms with van der Waals surface area (Å²) >= 11 is 0. The lowest BCUT2D eigenvalue weighted by atomic mass is 10.1. The third-order valence-electron chi connectivity index (χ3n) is 3.16. The average Bonchev–Trinajstić information content (AvgIpc) is 2.53. The summed E-state index contributed by atoms with van der Waals surface area (Å²) in [5, 5.41) is 13.3. The highest BCUT2D eigenvalue weighted by Crippen LogP contribution is 2.12. The van der Waals surface area contributed by atoms with Gasteiger partial charge in [-0.1, -0.05) is 0 Å². The molecule has 0 aromatic heterocycles. The van der Waals surface area contributed by atoms with Crippen LogP contribution in [0.3, 0.4) is 0 Å². The zero-order chi connectivity index (χ0) is 18.1. The predicted octanol–water partition coefficient (Wildman–Crippen LogP) is 0.968. The highest BCUT2D eigenvalue weighted by Gasteiger charge is 2.21. The van der Waals surface area contributed by atoms with Gasteiger partial charge in [0, 0.05) is 36.8 Å². The van der Waals surface area contributed by atoms with E-state index in [1.54, 1.807) is 13.8 Å². The van der Waals surface area contributed by atoms with E-state index in [1.807, 2.05) is 0 Å². The van der Waals surface area contributed by atoms with Crippen molar-refractivity contribution in [3.8, 4) is 0 Å². The van der Waals surface area contributed by atoms with Gasteiger partial charge in [0.05, 0.1) is 4.92 Å². The minimum Gasteiger partial charge on any atom is -0.367 e. The van der Waals surface area contributed by atoms with Gasteiger partial charge in [-0.05, 0) is 26.0 Å².